The number of benzene rings is 1. The summed E-state index contributed by atoms with van der Waals surface area (Å²) in [6, 6.07) is 3.18. The summed E-state index contributed by atoms with van der Waals surface area (Å²) in [5.41, 5.74) is 2.84. The van der Waals surface area contributed by atoms with Gasteiger partial charge in [-0.15, -0.1) is 0 Å². The molecule has 0 atom stereocenters. The standard InChI is InChI=1S/C13H12ClNO4/c1-6-4-8(12(18-3)11(14)7(6)2)9-5-10(13(16)17)19-15-9/h4-5H,1-3H3,(H,16,17). The second kappa shape index (κ2) is 4.93. The van der Waals surface area contributed by atoms with Crippen molar-refractivity contribution in [2.24, 2.45) is 0 Å². The van der Waals surface area contributed by atoms with Crippen LogP contribution >= 0.6 is 11.6 Å². The summed E-state index contributed by atoms with van der Waals surface area (Å²) in [6.07, 6.45) is 0. The Labute approximate surface area is 114 Å². The molecule has 0 aliphatic carbocycles. The molecule has 2 rings (SSSR count). The van der Waals surface area contributed by atoms with Crippen molar-refractivity contribution >= 4 is 17.6 Å². The van der Waals surface area contributed by atoms with Crippen molar-refractivity contribution in [3.05, 3.63) is 34.0 Å². The zero-order chi connectivity index (χ0) is 14.2. The fourth-order valence-corrected chi connectivity index (χ4v) is 2.07. The van der Waals surface area contributed by atoms with E-state index in [0.29, 0.717) is 22.0 Å². The third kappa shape index (κ3) is 2.29. The number of nitrogens with zero attached hydrogens (tertiary/aromatic N) is 1. The van der Waals surface area contributed by atoms with Gasteiger partial charge in [-0.05, 0) is 31.0 Å². The third-order valence-corrected chi connectivity index (χ3v) is 3.38. The normalized spacial score (nSPS) is 10.5. The molecule has 6 heteroatoms. The fourth-order valence-electron chi connectivity index (χ4n) is 1.74. The third-order valence-electron chi connectivity index (χ3n) is 2.93. The molecule has 1 heterocycles. The van der Waals surface area contributed by atoms with Crippen LogP contribution in [0.1, 0.15) is 21.7 Å². The van der Waals surface area contributed by atoms with Crippen LogP contribution in [0.4, 0.5) is 0 Å². The number of carbonyl (C=O) groups is 1. The maximum atomic E-state index is 10.8. The van der Waals surface area contributed by atoms with Gasteiger partial charge in [0.1, 0.15) is 11.4 Å². The maximum absolute atomic E-state index is 10.8. The number of aromatic carboxylic acids is 1. The molecule has 0 fully saturated rings. The highest BCUT2D eigenvalue weighted by atomic mass is 35.5. The van der Waals surface area contributed by atoms with Gasteiger partial charge in [0.2, 0.25) is 5.76 Å². The van der Waals surface area contributed by atoms with Crippen molar-refractivity contribution in [2.75, 3.05) is 7.11 Å². The molecule has 19 heavy (non-hydrogen) atoms. The van der Waals surface area contributed by atoms with Crippen molar-refractivity contribution < 1.29 is 19.2 Å². The average molecular weight is 282 g/mol. The van der Waals surface area contributed by atoms with Gasteiger partial charge in [0.25, 0.3) is 0 Å². The van der Waals surface area contributed by atoms with E-state index in [2.05, 4.69) is 5.16 Å². The second-order valence-corrected chi connectivity index (χ2v) is 4.47. The highest BCUT2D eigenvalue weighted by Crippen LogP contribution is 2.39. The van der Waals surface area contributed by atoms with Crippen molar-refractivity contribution in [1.29, 1.82) is 0 Å². The van der Waals surface area contributed by atoms with Gasteiger partial charge in [0, 0.05) is 11.6 Å². The molecule has 0 aliphatic heterocycles. The zero-order valence-electron chi connectivity index (χ0n) is 10.7. The monoisotopic (exact) mass is 281 g/mol. The van der Waals surface area contributed by atoms with Crippen molar-refractivity contribution in [3.63, 3.8) is 0 Å². The van der Waals surface area contributed by atoms with Crippen LogP contribution in [0.5, 0.6) is 5.75 Å². The number of halogens is 1. The Morgan fingerprint density at radius 3 is 2.63 bits per heavy atom. The van der Waals surface area contributed by atoms with Gasteiger partial charge in [-0.3, -0.25) is 0 Å². The predicted octanol–water partition coefficient (Wildman–Crippen LogP) is 3.32. The predicted molar refractivity (Wildman–Crippen MR) is 69.9 cm³/mol. The Kier molecular flexibility index (Phi) is 3.48. The average Bonchev–Trinajstić information content (AvgIpc) is 2.85. The van der Waals surface area contributed by atoms with Gasteiger partial charge in [0.15, 0.2) is 0 Å². The number of aromatic nitrogens is 1. The first-order chi connectivity index (χ1) is 8.95. The van der Waals surface area contributed by atoms with Crippen LogP contribution in [0.2, 0.25) is 5.02 Å². The number of aryl methyl sites for hydroxylation is 1. The lowest BCUT2D eigenvalue weighted by Crippen LogP contribution is -1.94. The number of rotatable bonds is 3. The minimum atomic E-state index is -1.17. The molecular weight excluding hydrogens is 270 g/mol. The first-order valence-corrected chi connectivity index (χ1v) is 5.87. The molecular formula is C13H12ClNO4. The van der Waals surface area contributed by atoms with Gasteiger partial charge < -0.3 is 14.4 Å². The van der Waals surface area contributed by atoms with Crippen molar-refractivity contribution in [2.45, 2.75) is 13.8 Å². The molecule has 0 radical (unpaired) electrons. The minimum absolute atomic E-state index is 0.230. The van der Waals surface area contributed by atoms with E-state index in [1.807, 2.05) is 19.9 Å². The first-order valence-electron chi connectivity index (χ1n) is 5.49. The van der Waals surface area contributed by atoms with Gasteiger partial charge >= 0.3 is 5.97 Å². The molecule has 0 aliphatic rings. The summed E-state index contributed by atoms with van der Waals surface area (Å²) in [7, 11) is 1.50. The second-order valence-electron chi connectivity index (χ2n) is 4.09. The molecule has 1 aromatic carbocycles. The van der Waals surface area contributed by atoms with Gasteiger partial charge in [-0.2, -0.15) is 0 Å². The van der Waals surface area contributed by atoms with E-state index in [-0.39, 0.29) is 5.76 Å². The lowest BCUT2D eigenvalue weighted by atomic mass is 10.0. The minimum Gasteiger partial charge on any atom is -0.494 e. The molecule has 0 saturated heterocycles. The van der Waals surface area contributed by atoms with Gasteiger partial charge in [0.05, 0.1) is 12.1 Å². The molecule has 0 saturated carbocycles. The Morgan fingerprint density at radius 2 is 2.11 bits per heavy atom. The molecule has 1 N–H and O–H groups in total. The highest BCUT2D eigenvalue weighted by molar-refractivity contribution is 6.33. The molecule has 0 unspecified atom stereocenters. The Hall–Kier alpha value is -2.01. The lowest BCUT2D eigenvalue weighted by molar-refractivity contribution is 0.0652. The first kappa shape index (κ1) is 13.4. The Morgan fingerprint density at radius 1 is 1.42 bits per heavy atom. The Bertz CT molecular complexity index is 648. The summed E-state index contributed by atoms with van der Waals surface area (Å²) in [4.78, 5) is 10.8. The van der Waals surface area contributed by atoms with E-state index in [4.69, 9.17) is 26.0 Å². The van der Waals surface area contributed by atoms with Gasteiger partial charge in [-0.1, -0.05) is 16.8 Å². The molecule has 5 nitrogen and oxygen atoms in total. The van der Waals surface area contributed by atoms with E-state index < -0.39 is 5.97 Å². The molecule has 0 amide bonds. The van der Waals surface area contributed by atoms with E-state index in [1.54, 1.807) is 0 Å². The largest absolute Gasteiger partial charge is 0.494 e. The fraction of sp³-hybridized carbons (Fsp3) is 0.231. The lowest BCUT2D eigenvalue weighted by Gasteiger charge is -2.12. The van der Waals surface area contributed by atoms with E-state index in [9.17, 15) is 4.79 Å². The summed E-state index contributed by atoms with van der Waals surface area (Å²) in [5.74, 6) is -0.950. The number of carboxylic acids is 1. The van der Waals surface area contributed by atoms with Crippen LogP contribution in [0.3, 0.4) is 0 Å². The summed E-state index contributed by atoms with van der Waals surface area (Å²) >= 11 is 6.22. The highest BCUT2D eigenvalue weighted by Gasteiger charge is 2.19. The zero-order valence-corrected chi connectivity index (χ0v) is 11.4. The van der Waals surface area contributed by atoms with E-state index in [0.717, 1.165) is 11.1 Å². The molecule has 0 spiro atoms. The number of ether oxygens (including phenoxy) is 1. The summed E-state index contributed by atoms with van der Waals surface area (Å²) in [6.45, 7) is 3.79. The van der Waals surface area contributed by atoms with E-state index >= 15 is 0 Å². The van der Waals surface area contributed by atoms with Crippen LogP contribution in [0, 0.1) is 13.8 Å². The summed E-state index contributed by atoms with van der Waals surface area (Å²) < 4.78 is 10.0. The topological polar surface area (TPSA) is 72.6 Å². The van der Waals surface area contributed by atoms with Crippen molar-refractivity contribution in [1.82, 2.24) is 5.16 Å². The van der Waals surface area contributed by atoms with Crippen LogP contribution in [0.15, 0.2) is 16.7 Å². The number of hydrogen-bond acceptors (Lipinski definition) is 4. The van der Waals surface area contributed by atoms with E-state index in [1.165, 1.54) is 13.2 Å². The summed E-state index contributed by atoms with van der Waals surface area (Å²) in [5, 5.41) is 13.1. The quantitative estimate of drug-likeness (QED) is 0.934. The molecule has 100 valence electrons. The van der Waals surface area contributed by atoms with Crippen molar-refractivity contribution in [3.8, 4) is 17.0 Å². The Balaban J connectivity index is 2.63. The van der Waals surface area contributed by atoms with Gasteiger partial charge in [-0.25, -0.2) is 4.79 Å². The maximum Gasteiger partial charge on any atom is 0.374 e. The van der Waals surface area contributed by atoms with Crippen LogP contribution in [-0.2, 0) is 0 Å². The SMILES string of the molecule is COc1c(-c2cc(C(=O)O)on2)cc(C)c(C)c1Cl. The number of carboxylic acid groups (broad SMARTS) is 1. The van der Waals surface area contributed by atoms with Crippen LogP contribution < -0.4 is 4.74 Å². The smallest absolute Gasteiger partial charge is 0.374 e. The van der Waals surface area contributed by atoms with Crippen LogP contribution in [-0.4, -0.2) is 23.3 Å². The van der Waals surface area contributed by atoms with Crippen LogP contribution in [0.25, 0.3) is 11.3 Å². The molecule has 2 aromatic rings. The molecule has 1 aromatic heterocycles. The number of methoxy groups -OCH3 is 1. The molecule has 0 bridgehead atoms. The number of hydrogen-bond donors (Lipinski definition) is 1.